The van der Waals surface area contributed by atoms with Gasteiger partial charge in [-0.05, 0) is 24.3 Å². The highest BCUT2D eigenvalue weighted by molar-refractivity contribution is 5.85. The molecule has 0 aromatic heterocycles. The van der Waals surface area contributed by atoms with Crippen LogP contribution in [-0.2, 0) is 11.3 Å². The largest absolute Gasteiger partial charge is 0.482 e. The van der Waals surface area contributed by atoms with Crippen molar-refractivity contribution in [2.75, 3.05) is 44.7 Å². The van der Waals surface area contributed by atoms with Crippen molar-refractivity contribution in [3.63, 3.8) is 0 Å². The Hall–Kier alpha value is -1.99. The van der Waals surface area contributed by atoms with Crippen molar-refractivity contribution in [3.05, 3.63) is 60.2 Å². The van der Waals surface area contributed by atoms with E-state index in [1.54, 1.807) is 0 Å². The van der Waals surface area contributed by atoms with Crippen molar-refractivity contribution in [3.8, 4) is 5.75 Å². The number of carboxylic acids is 1. The maximum atomic E-state index is 10.7. The highest BCUT2D eigenvalue weighted by atomic mass is 35.5. The number of hydrogen-bond acceptors (Lipinski definition) is 4. The van der Waals surface area contributed by atoms with E-state index >= 15 is 0 Å². The van der Waals surface area contributed by atoms with Gasteiger partial charge in [0.25, 0.3) is 0 Å². The summed E-state index contributed by atoms with van der Waals surface area (Å²) in [5.41, 5.74) is 2.62. The van der Waals surface area contributed by atoms with Gasteiger partial charge in [-0.1, -0.05) is 30.3 Å². The number of halogens is 2. The van der Waals surface area contributed by atoms with Gasteiger partial charge in [0, 0.05) is 63.1 Å². The minimum absolute atomic E-state index is 0. The van der Waals surface area contributed by atoms with Gasteiger partial charge in [-0.25, -0.2) is 4.79 Å². The van der Waals surface area contributed by atoms with Crippen molar-refractivity contribution in [2.24, 2.45) is 0 Å². The number of carboxylic acid groups (broad SMARTS) is 1. The molecular formula is C26H38Cl2N3O3+. The standard InChI is InChI=1S/C26H35N3O3.2ClH/c1-29(23-11-15-27-16-12-23,19-21-5-3-2-4-6-21)24-13-17-28(18-14-24)22-7-9-25(10-8-22)32-20-26(30)31;;/h2-10,23-24,27H,11-20H2,1H3;2*1H/p+1. The molecule has 2 aliphatic rings. The quantitative estimate of drug-likeness (QED) is 0.516. The Morgan fingerprint density at radius 3 is 2.15 bits per heavy atom. The van der Waals surface area contributed by atoms with Crippen molar-refractivity contribution < 1.29 is 19.1 Å². The third-order valence-electron chi connectivity index (χ3n) is 7.37. The number of quaternary nitrogens is 1. The zero-order chi connectivity index (χ0) is 22.4. The first-order chi connectivity index (χ1) is 15.5. The molecule has 4 rings (SSSR count). The molecule has 0 amide bonds. The number of nitrogens with zero attached hydrogens (tertiary/aromatic N) is 2. The average Bonchev–Trinajstić information content (AvgIpc) is 2.84. The Morgan fingerprint density at radius 2 is 1.56 bits per heavy atom. The lowest BCUT2D eigenvalue weighted by atomic mass is 9.92. The van der Waals surface area contributed by atoms with E-state index < -0.39 is 5.97 Å². The SMILES string of the molecule is C[N+](Cc1ccccc1)(C1CCNCC1)C1CCN(c2ccc(OCC(=O)O)cc2)CC1.Cl.Cl. The van der Waals surface area contributed by atoms with E-state index in [-0.39, 0.29) is 31.4 Å². The monoisotopic (exact) mass is 510 g/mol. The van der Waals surface area contributed by atoms with Gasteiger partial charge in [0.05, 0.1) is 19.1 Å². The van der Waals surface area contributed by atoms with Crippen LogP contribution in [0.3, 0.4) is 0 Å². The van der Waals surface area contributed by atoms with Gasteiger partial charge in [-0.3, -0.25) is 0 Å². The molecule has 1 atom stereocenters. The molecule has 188 valence electrons. The molecule has 2 fully saturated rings. The summed E-state index contributed by atoms with van der Waals surface area (Å²) in [5, 5.41) is 12.3. The van der Waals surface area contributed by atoms with Crippen molar-refractivity contribution >= 4 is 36.5 Å². The molecule has 1 unspecified atom stereocenters. The first kappa shape index (κ1) is 28.2. The van der Waals surface area contributed by atoms with Gasteiger partial charge >= 0.3 is 5.97 Å². The second-order valence-electron chi connectivity index (χ2n) is 9.37. The average molecular weight is 512 g/mol. The third-order valence-corrected chi connectivity index (χ3v) is 7.37. The fourth-order valence-corrected chi connectivity index (χ4v) is 5.54. The summed E-state index contributed by atoms with van der Waals surface area (Å²) in [7, 11) is 2.50. The maximum absolute atomic E-state index is 10.7. The van der Waals surface area contributed by atoms with E-state index in [0.717, 1.165) is 37.2 Å². The first-order valence-electron chi connectivity index (χ1n) is 11.8. The smallest absolute Gasteiger partial charge is 0.341 e. The molecule has 0 saturated carbocycles. The Balaban J connectivity index is 0.00000204. The topological polar surface area (TPSA) is 61.8 Å². The lowest BCUT2D eigenvalue weighted by Crippen LogP contribution is -2.62. The summed E-state index contributed by atoms with van der Waals surface area (Å²) in [6.07, 6.45) is 4.87. The van der Waals surface area contributed by atoms with Gasteiger partial charge in [0.2, 0.25) is 0 Å². The molecule has 0 spiro atoms. The van der Waals surface area contributed by atoms with Crippen molar-refractivity contribution in [2.45, 2.75) is 44.3 Å². The number of benzene rings is 2. The van der Waals surface area contributed by atoms with Crippen molar-refractivity contribution in [1.29, 1.82) is 0 Å². The van der Waals surface area contributed by atoms with Gasteiger partial charge in [0.15, 0.2) is 6.61 Å². The number of hydrogen-bond donors (Lipinski definition) is 2. The zero-order valence-corrected chi connectivity index (χ0v) is 21.5. The van der Waals surface area contributed by atoms with Gasteiger partial charge in [0.1, 0.15) is 12.3 Å². The Labute approximate surface area is 215 Å². The summed E-state index contributed by atoms with van der Waals surface area (Å²) in [4.78, 5) is 13.1. The van der Waals surface area contributed by atoms with Crippen LogP contribution in [0, 0.1) is 0 Å². The Morgan fingerprint density at radius 1 is 0.971 bits per heavy atom. The first-order valence-corrected chi connectivity index (χ1v) is 11.8. The number of piperidine rings is 2. The van der Waals surface area contributed by atoms with Crippen LogP contribution in [0.2, 0.25) is 0 Å². The van der Waals surface area contributed by atoms with E-state index in [2.05, 4.69) is 47.6 Å². The van der Waals surface area contributed by atoms with Gasteiger partial charge < -0.3 is 24.5 Å². The van der Waals surface area contributed by atoms with Crippen LogP contribution in [-0.4, -0.2) is 67.5 Å². The molecule has 2 aliphatic heterocycles. The second-order valence-corrected chi connectivity index (χ2v) is 9.37. The molecule has 2 N–H and O–H groups in total. The summed E-state index contributed by atoms with van der Waals surface area (Å²) < 4.78 is 6.41. The number of anilines is 1. The van der Waals surface area contributed by atoms with E-state index in [1.807, 2.05) is 24.3 Å². The molecule has 2 aromatic rings. The van der Waals surface area contributed by atoms with Crippen LogP contribution in [0.25, 0.3) is 0 Å². The van der Waals surface area contributed by atoms with Crippen LogP contribution in [0.5, 0.6) is 5.75 Å². The number of carbonyl (C=O) groups is 1. The van der Waals surface area contributed by atoms with E-state index in [9.17, 15) is 4.79 Å². The molecule has 2 aromatic carbocycles. The third kappa shape index (κ3) is 7.01. The lowest BCUT2D eigenvalue weighted by molar-refractivity contribution is -0.970. The fourth-order valence-electron chi connectivity index (χ4n) is 5.54. The molecule has 0 bridgehead atoms. The molecule has 0 radical (unpaired) electrons. The van der Waals surface area contributed by atoms with Crippen LogP contribution >= 0.6 is 24.8 Å². The number of ether oxygens (including phenoxy) is 1. The predicted molar refractivity (Wildman–Crippen MR) is 142 cm³/mol. The lowest BCUT2D eigenvalue weighted by Gasteiger charge is -2.51. The molecule has 2 saturated heterocycles. The maximum Gasteiger partial charge on any atom is 0.341 e. The summed E-state index contributed by atoms with van der Waals surface area (Å²) in [6, 6.07) is 20.2. The fraction of sp³-hybridized carbons (Fsp3) is 0.500. The van der Waals surface area contributed by atoms with Crippen LogP contribution < -0.4 is 15.0 Å². The number of nitrogens with one attached hydrogen (secondary N) is 1. The predicted octanol–water partition coefficient (Wildman–Crippen LogP) is 4.36. The second kappa shape index (κ2) is 13.2. The van der Waals surface area contributed by atoms with Crippen LogP contribution in [0.1, 0.15) is 31.2 Å². The van der Waals surface area contributed by atoms with Crippen LogP contribution in [0.15, 0.2) is 54.6 Å². The molecule has 6 nitrogen and oxygen atoms in total. The highest BCUT2D eigenvalue weighted by Crippen LogP contribution is 2.33. The van der Waals surface area contributed by atoms with Crippen molar-refractivity contribution in [1.82, 2.24) is 5.32 Å². The number of rotatable bonds is 8. The van der Waals surface area contributed by atoms with E-state index in [0.29, 0.717) is 17.8 Å². The van der Waals surface area contributed by atoms with Crippen LogP contribution in [0.4, 0.5) is 5.69 Å². The molecule has 0 aliphatic carbocycles. The summed E-state index contributed by atoms with van der Waals surface area (Å²) >= 11 is 0. The molecule has 34 heavy (non-hydrogen) atoms. The molecular weight excluding hydrogens is 473 g/mol. The summed E-state index contributed by atoms with van der Waals surface area (Å²) in [5.74, 6) is -0.356. The molecule has 2 heterocycles. The Bertz CT molecular complexity index is 871. The summed E-state index contributed by atoms with van der Waals surface area (Å²) in [6.45, 7) is 5.15. The van der Waals surface area contributed by atoms with Gasteiger partial charge in [-0.2, -0.15) is 0 Å². The minimum atomic E-state index is -0.957. The Kier molecular flexibility index (Phi) is 11.0. The molecule has 8 heteroatoms. The van der Waals surface area contributed by atoms with E-state index in [1.165, 1.54) is 36.9 Å². The van der Waals surface area contributed by atoms with E-state index in [4.69, 9.17) is 9.84 Å². The normalized spacial score (nSPS) is 18.8. The zero-order valence-electron chi connectivity index (χ0n) is 19.9. The minimum Gasteiger partial charge on any atom is -0.482 e. The number of aliphatic carboxylic acids is 1. The highest BCUT2D eigenvalue weighted by Gasteiger charge is 2.42. The van der Waals surface area contributed by atoms with Gasteiger partial charge in [-0.15, -0.1) is 24.8 Å².